The summed E-state index contributed by atoms with van der Waals surface area (Å²) in [6.45, 7) is 2.26. The Morgan fingerprint density at radius 2 is 1.76 bits per heavy atom. The zero-order chi connectivity index (χ0) is 26.6. The number of aliphatic hydroxyl groups excluding tert-OH is 1. The van der Waals surface area contributed by atoms with Crippen molar-refractivity contribution in [2.45, 2.75) is 87.0 Å². The fraction of sp³-hybridized carbons (Fsp3) is 0.667. The summed E-state index contributed by atoms with van der Waals surface area (Å²) in [5.74, 6) is -1.39. The number of hydrogen-bond acceptors (Lipinski definition) is 8. The molecule has 0 radical (unpaired) electrons. The Labute approximate surface area is 222 Å². The molecule has 1 spiro atoms. The molecule has 38 heavy (non-hydrogen) atoms. The normalized spacial score (nSPS) is 47.9. The molecular weight excluding hydrogens is 486 g/mol. The van der Waals surface area contributed by atoms with Gasteiger partial charge in [0, 0.05) is 31.0 Å². The Morgan fingerprint density at radius 1 is 1.03 bits per heavy atom. The van der Waals surface area contributed by atoms with E-state index >= 15 is 0 Å². The minimum absolute atomic E-state index is 0.0367. The van der Waals surface area contributed by atoms with Gasteiger partial charge in [0.1, 0.15) is 6.10 Å². The monoisotopic (exact) mass is 523 g/mol. The average Bonchev–Trinajstić information content (AvgIpc) is 3.32. The second kappa shape index (κ2) is 8.37. The van der Waals surface area contributed by atoms with Crippen molar-refractivity contribution in [1.82, 2.24) is 4.90 Å². The molecule has 3 aliphatic carbocycles. The van der Waals surface area contributed by atoms with Crippen LogP contribution in [0.15, 0.2) is 41.5 Å². The van der Waals surface area contributed by atoms with Gasteiger partial charge in [-0.2, -0.15) is 0 Å². The fourth-order valence-electron chi connectivity index (χ4n) is 10.3. The summed E-state index contributed by atoms with van der Waals surface area (Å²) >= 11 is 0. The molecule has 1 unspecified atom stereocenters. The highest BCUT2D eigenvalue weighted by molar-refractivity contribution is 5.95. The van der Waals surface area contributed by atoms with Crippen LogP contribution < -0.4 is 0 Å². The van der Waals surface area contributed by atoms with Gasteiger partial charge in [-0.1, -0.05) is 18.2 Å². The summed E-state index contributed by atoms with van der Waals surface area (Å²) in [5, 5.41) is 23.7. The third-order valence-electron chi connectivity index (χ3n) is 11.2. The molecule has 3 aliphatic heterocycles. The third kappa shape index (κ3) is 2.85. The first-order chi connectivity index (χ1) is 18.3. The molecule has 1 aromatic carbocycles. The molecule has 1 aromatic rings. The van der Waals surface area contributed by atoms with Gasteiger partial charge in [-0.15, -0.1) is 0 Å². The standard InChI is InChI=1S/C30H37NO7/c1-15-9-10-18-20-13-17-14-29(18,35)26-23(28(34)37-3)25(38-27(33)16-7-5-4-6-8-16)22-19(30(17,26)31(15)20)11-12-21(32)24(22)36-2/h4-8,15,17-22,24-25,32,35H,9-14H2,1-3H3/t15-,17-,18+,19+,20+,21-,22+,24-,25-,29-,30-/m0/s1. The van der Waals surface area contributed by atoms with Gasteiger partial charge in [-0.25, -0.2) is 9.59 Å². The molecule has 2 N–H and O–H groups in total. The average molecular weight is 524 g/mol. The van der Waals surface area contributed by atoms with Gasteiger partial charge in [0.15, 0.2) is 0 Å². The predicted octanol–water partition coefficient (Wildman–Crippen LogP) is 2.47. The minimum atomic E-state index is -1.13. The highest BCUT2D eigenvalue weighted by Crippen LogP contribution is 2.75. The lowest BCUT2D eigenvalue weighted by molar-refractivity contribution is -0.181. The highest BCUT2D eigenvalue weighted by atomic mass is 16.6. The number of rotatable bonds is 4. The zero-order valence-electron chi connectivity index (χ0n) is 22.2. The SMILES string of the molecule is COC(=O)C1=C2[C@]3([C@H]4C[C@@H]5[C@@H](CC[C@H](C)N53)[C@@]2(O)C4)[C@@H]2CC[C@H](O)[C@H](OC)[C@@H]2[C@@H]1OC(=O)c1ccccc1. The van der Waals surface area contributed by atoms with Gasteiger partial charge in [0.2, 0.25) is 0 Å². The molecule has 204 valence electrons. The van der Waals surface area contributed by atoms with E-state index in [1.807, 2.05) is 6.07 Å². The lowest BCUT2D eigenvalue weighted by atomic mass is 9.52. The van der Waals surface area contributed by atoms with E-state index in [-0.39, 0.29) is 29.4 Å². The van der Waals surface area contributed by atoms with E-state index in [0.29, 0.717) is 30.9 Å². The largest absolute Gasteiger partial charge is 0.466 e. The van der Waals surface area contributed by atoms with Crippen molar-refractivity contribution in [2.75, 3.05) is 14.2 Å². The van der Waals surface area contributed by atoms with Crippen LogP contribution in [0.4, 0.5) is 0 Å². The number of aliphatic hydroxyl groups is 2. The first-order valence-electron chi connectivity index (χ1n) is 14.1. The van der Waals surface area contributed by atoms with Gasteiger partial charge in [-0.3, -0.25) is 4.90 Å². The molecule has 7 rings (SSSR count). The van der Waals surface area contributed by atoms with Crippen molar-refractivity contribution in [3.8, 4) is 0 Å². The van der Waals surface area contributed by atoms with E-state index in [0.717, 1.165) is 24.8 Å². The molecule has 5 fully saturated rings. The first-order valence-corrected chi connectivity index (χ1v) is 14.1. The van der Waals surface area contributed by atoms with Crippen LogP contribution in [0.5, 0.6) is 0 Å². The Morgan fingerprint density at radius 3 is 2.47 bits per heavy atom. The Bertz CT molecular complexity index is 1200. The van der Waals surface area contributed by atoms with Crippen molar-refractivity contribution >= 4 is 11.9 Å². The van der Waals surface area contributed by atoms with Crippen LogP contribution in [0, 0.1) is 23.7 Å². The number of hydrogen-bond donors (Lipinski definition) is 2. The molecule has 0 aromatic heterocycles. The van der Waals surface area contributed by atoms with E-state index in [2.05, 4.69) is 11.8 Å². The number of nitrogens with zero attached hydrogens (tertiary/aromatic N) is 1. The van der Waals surface area contributed by atoms with Crippen LogP contribution >= 0.6 is 0 Å². The lowest BCUT2D eigenvalue weighted by Gasteiger charge is -2.65. The number of benzene rings is 1. The number of piperidine rings is 2. The van der Waals surface area contributed by atoms with E-state index in [9.17, 15) is 19.8 Å². The van der Waals surface area contributed by atoms with Gasteiger partial charge in [-0.05, 0) is 75.0 Å². The van der Waals surface area contributed by atoms with E-state index < -0.39 is 47.3 Å². The predicted molar refractivity (Wildman–Crippen MR) is 136 cm³/mol. The number of ether oxygens (including phenoxy) is 3. The van der Waals surface area contributed by atoms with E-state index in [1.165, 1.54) is 7.11 Å². The topological polar surface area (TPSA) is 106 Å². The summed E-state index contributed by atoms with van der Waals surface area (Å²) in [6.07, 6.45) is 2.39. The van der Waals surface area contributed by atoms with Gasteiger partial charge < -0.3 is 24.4 Å². The van der Waals surface area contributed by atoms with Crippen molar-refractivity contribution in [1.29, 1.82) is 0 Å². The number of fused-ring (bicyclic) bond motifs is 2. The first kappa shape index (κ1) is 24.8. The Kier molecular flexibility index (Phi) is 5.45. The van der Waals surface area contributed by atoms with Crippen LogP contribution in [0.25, 0.3) is 0 Å². The van der Waals surface area contributed by atoms with Crippen molar-refractivity contribution in [3.05, 3.63) is 47.0 Å². The zero-order valence-corrected chi connectivity index (χ0v) is 22.2. The molecule has 5 bridgehead atoms. The molecule has 8 heteroatoms. The van der Waals surface area contributed by atoms with Gasteiger partial charge >= 0.3 is 11.9 Å². The maximum absolute atomic E-state index is 13.8. The summed E-state index contributed by atoms with van der Waals surface area (Å²) in [6, 6.07) is 9.30. The molecular formula is C30H37NO7. The van der Waals surface area contributed by atoms with E-state index in [4.69, 9.17) is 14.2 Å². The van der Waals surface area contributed by atoms with E-state index in [1.54, 1.807) is 31.4 Å². The van der Waals surface area contributed by atoms with Crippen LogP contribution in [-0.4, -0.2) is 82.8 Å². The fourth-order valence-corrected chi connectivity index (χ4v) is 10.3. The minimum Gasteiger partial charge on any atom is -0.466 e. The number of esters is 2. The van der Waals surface area contributed by atoms with Crippen molar-refractivity contribution in [2.24, 2.45) is 23.7 Å². The number of carbonyl (C=O) groups excluding carboxylic acids is 2. The smallest absolute Gasteiger partial charge is 0.338 e. The van der Waals surface area contributed by atoms with Crippen molar-refractivity contribution in [3.63, 3.8) is 0 Å². The molecule has 6 aliphatic rings. The molecule has 0 amide bonds. The summed E-state index contributed by atoms with van der Waals surface area (Å²) in [7, 11) is 2.92. The van der Waals surface area contributed by atoms with Gasteiger partial charge in [0.05, 0.1) is 41.6 Å². The van der Waals surface area contributed by atoms with Crippen LogP contribution in [0.2, 0.25) is 0 Å². The second-order valence-electron chi connectivity index (χ2n) is 12.4. The molecule has 12 atom stereocenters. The second-order valence-corrected chi connectivity index (χ2v) is 12.4. The Balaban J connectivity index is 1.49. The number of carbonyl (C=O) groups is 2. The van der Waals surface area contributed by atoms with Crippen LogP contribution in [0.1, 0.15) is 55.8 Å². The highest BCUT2D eigenvalue weighted by Gasteiger charge is 2.81. The van der Waals surface area contributed by atoms with Crippen LogP contribution in [-0.2, 0) is 19.0 Å². The lowest BCUT2D eigenvalue weighted by Crippen LogP contribution is -2.74. The third-order valence-corrected chi connectivity index (χ3v) is 11.2. The quantitative estimate of drug-likeness (QED) is 0.580. The molecule has 3 heterocycles. The summed E-state index contributed by atoms with van der Waals surface area (Å²) < 4.78 is 17.6. The number of methoxy groups -OCH3 is 2. The molecule has 8 nitrogen and oxygen atoms in total. The summed E-state index contributed by atoms with van der Waals surface area (Å²) in [5.41, 5.74) is -0.273. The summed E-state index contributed by atoms with van der Waals surface area (Å²) in [4.78, 5) is 29.9. The van der Waals surface area contributed by atoms with Crippen LogP contribution in [0.3, 0.4) is 0 Å². The molecule has 2 saturated carbocycles. The Hall–Kier alpha value is -2.26. The maximum Gasteiger partial charge on any atom is 0.338 e. The molecule has 3 saturated heterocycles. The van der Waals surface area contributed by atoms with Crippen molar-refractivity contribution < 1.29 is 34.0 Å². The maximum atomic E-state index is 13.8. The van der Waals surface area contributed by atoms with Gasteiger partial charge in [0.25, 0.3) is 0 Å².